The fourth-order valence-corrected chi connectivity index (χ4v) is 1.94. The number of benzene rings is 2. The molecule has 0 fully saturated rings. The van der Waals surface area contributed by atoms with Crippen LogP contribution in [0, 0.1) is 11.6 Å². The van der Waals surface area contributed by atoms with Crippen molar-refractivity contribution in [1.82, 2.24) is 5.16 Å². The first-order valence-electron chi connectivity index (χ1n) is 6.76. The standard InChI is InChI=1S/C17H11F2NO3/c18-13-5-1-11(2-6-13)16-9-15(20-23-16)10-22-17(21)12-3-7-14(19)8-4-12/h1-9H,10H2. The van der Waals surface area contributed by atoms with Crippen LogP contribution in [0.2, 0.25) is 0 Å². The predicted octanol–water partition coefficient (Wildman–Crippen LogP) is 3.98. The van der Waals surface area contributed by atoms with Crippen LogP contribution in [0.4, 0.5) is 8.78 Å². The van der Waals surface area contributed by atoms with Gasteiger partial charge in [-0.15, -0.1) is 0 Å². The molecule has 0 saturated heterocycles. The highest BCUT2D eigenvalue weighted by Gasteiger charge is 2.11. The van der Waals surface area contributed by atoms with Gasteiger partial charge in [0.1, 0.15) is 23.9 Å². The molecule has 0 spiro atoms. The van der Waals surface area contributed by atoms with Crippen molar-refractivity contribution in [3.05, 3.63) is 77.5 Å². The smallest absolute Gasteiger partial charge is 0.338 e. The molecular formula is C17H11F2NO3. The number of ether oxygens (including phenoxy) is 1. The summed E-state index contributed by atoms with van der Waals surface area (Å²) in [6.45, 7) is -0.0824. The lowest BCUT2D eigenvalue weighted by molar-refractivity contribution is 0.0464. The molecule has 0 bridgehead atoms. The van der Waals surface area contributed by atoms with Gasteiger partial charge in [0.25, 0.3) is 0 Å². The predicted molar refractivity (Wildman–Crippen MR) is 77.4 cm³/mol. The molecule has 6 heteroatoms. The number of rotatable bonds is 4. The zero-order valence-electron chi connectivity index (χ0n) is 11.8. The Labute approximate surface area is 130 Å². The number of carbonyl (C=O) groups excluding carboxylic acids is 1. The Morgan fingerprint density at radius 3 is 2.26 bits per heavy atom. The molecule has 0 aliphatic rings. The summed E-state index contributed by atoms with van der Waals surface area (Å²) in [5.41, 5.74) is 1.32. The number of carbonyl (C=O) groups is 1. The summed E-state index contributed by atoms with van der Waals surface area (Å²) in [4.78, 5) is 11.8. The van der Waals surface area contributed by atoms with Crippen LogP contribution in [-0.4, -0.2) is 11.1 Å². The van der Waals surface area contributed by atoms with Gasteiger partial charge in [-0.25, -0.2) is 13.6 Å². The summed E-state index contributed by atoms with van der Waals surface area (Å²) in [5.74, 6) is -0.919. The van der Waals surface area contributed by atoms with Gasteiger partial charge in [0.2, 0.25) is 0 Å². The fraction of sp³-hybridized carbons (Fsp3) is 0.0588. The lowest BCUT2D eigenvalue weighted by Crippen LogP contribution is -2.05. The molecule has 0 N–H and O–H groups in total. The van der Waals surface area contributed by atoms with Crippen LogP contribution in [0.15, 0.2) is 59.1 Å². The molecule has 0 atom stereocenters. The van der Waals surface area contributed by atoms with Crippen molar-refractivity contribution in [1.29, 1.82) is 0 Å². The van der Waals surface area contributed by atoms with E-state index in [0.29, 0.717) is 17.0 Å². The molecule has 3 rings (SSSR count). The van der Waals surface area contributed by atoms with Gasteiger partial charge in [0, 0.05) is 11.6 Å². The maximum atomic E-state index is 12.9. The summed E-state index contributed by atoms with van der Waals surface area (Å²) in [6, 6.07) is 12.4. The molecule has 4 nitrogen and oxygen atoms in total. The van der Waals surface area contributed by atoms with Crippen molar-refractivity contribution in [2.45, 2.75) is 6.61 Å². The Hall–Kier alpha value is -3.02. The van der Waals surface area contributed by atoms with Crippen molar-refractivity contribution in [3.8, 4) is 11.3 Å². The minimum Gasteiger partial charge on any atom is -0.455 e. The summed E-state index contributed by atoms with van der Waals surface area (Å²) < 4.78 is 35.9. The van der Waals surface area contributed by atoms with E-state index in [0.717, 1.165) is 0 Å². The van der Waals surface area contributed by atoms with Crippen molar-refractivity contribution >= 4 is 5.97 Å². The summed E-state index contributed by atoms with van der Waals surface area (Å²) in [5, 5.41) is 3.79. The van der Waals surface area contributed by atoms with Crippen molar-refractivity contribution in [2.24, 2.45) is 0 Å². The van der Waals surface area contributed by atoms with E-state index in [-0.39, 0.29) is 18.0 Å². The van der Waals surface area contributed by atoms with Gasteiger partial charge in [-0.1, -0.05) is 5.16 Å². The zero-order valence-corrected chi connectivity index (χ0v) is 11.8. The van der Waals surface area contributed by atoms with Gasteiger partial charge in [0.05, 0.1) is 5.56 Å². The van der Waals surface area contributed by atoms with E-state index >= 15 is 0 Å². The second kappa shape index (κ2) is 6.39. The first-order chi connectivity index (χ1) is 11.1. The lowest BCUT2D eigenvalue weighted by Gasteiger charge is -2.01. The largest absolute Gasteiger partial charge is 0.455 e. The molecular weight excluding hydrogens is 304 g/mol. The van der Waals surface area contributed by atoms with Crippen LogP contribution in [0.3, 0.4) is 0 Å². The fourth-order valence-electron chi connectivity index (χ4n) is 1.94. The molecule has 0 radical (unpaired) electrons. The van der Waals surface area contributed by atoms with Gasteiger partial charge >= 0.3 is 5.97 Å². The molecule has 0 aliphatic heterocycles. The average molecular weight is 315 g/mol. The number of esters is 1. The highest BCUT2D eigenvalue weighted by Crippen LogP contribution is 2.21. The summed E-state index contributed by atoms with van der Waals surface area (Å²) in [7, 11) is 0. The highest BCUT2D eigenvalue weighted by atomic mass is 19.1. The number of aromatic nitrogens is 1. The molecule has 1 aromatic heterocycles. The van der Waals surface area contributed by atoms with Crippen LogP contribution in [-0.2, 0) is 11.3 Å². The zero-order chi connectivity index (χ0) is 16.2. The normalized spacial score (nSPS) is 10.5. The molecule has 23 heavy (non-hydrogen) atoms. The Morgan fingerprint density at radius 1 is 1.00 bits per heavy atom. The van der Waals surface area contributed by atoms with Gasteiger partial charge in [-0.2, -0.15) is 0 Å². The van der Waals surface area contributed by atoms with Crippen molar-refractivity contribution in [2.75, 3.05) is 0 Å². The summed E-state index contributed by atoms with van der Waals surface area (Å²) >= 11 is 0. The molecule has 116 valence electrons. The number of hydrogen-bond acceptors (Lipinski definition) is 4. The number of hydrogen-bond donors (Lipinski definition) is 0. The van der Waals surface area contributed by atoms with Crippen molar-refractivity contribution in [3.63, 3.8) is 0 Å². The third-order valence-corrected chi connectivity index (χ3v) is 3.12. The molecule has 3 aromatic rings. The van der Waals surface area contributed by atoms with E-state index in [2.05, 4.69) is 5.16 Å². The minimum absolute atomic E-state index is 0.0824. The maximum Gasteiger partial charge on any atom is 0.338 e. The summed E-state index contributed by atoms with van der Waals surface area (Å²) in [6.07, 6.45) is 0. The topological polar surface area (TPSA) is 52.3 Å². The highest BCUT2D eigenvalue weighted by molar-refractivity contribution is 5.89. The number of nitrogens with zero attached hydrogens (tertiary/aromatic N) is 1. The lowest BCUT2D eigenvalue weighted by atomic mass is 10.1. The van der Waals surface area contributed by atoms with E-state index in [4.69, 9.17) is 9.26 Å². The van der Waals surface area contributed by atoms with Crippen LogP contribution in [0.1, 0.15) is 16.1 Å². The first-order valence-corrected chi connectivity index (χ1v) is 6.76. The maximum absolute atomic E-state index is 12.9. The van der Waals surface area contributed by atoms with Crippen molar-refractivity contribution < 1.29 is 22.8 Å². The van der Waals surface area contributed by atoms with E-state index in [1.165, 1.54) is 36.4 Å². The molecule has 0 saturated carbocycles. The second-order valence-corrected chi connectivity index (χ2v) is 4.77. The minimum atomic E-state index is -0.587. The first kappa shape index (κ1) is 14.9. The van der Waals surface area contributed by atoms with E-state index < -0.39 is 11.8 Å². The van der Waals surface area contributed by atoms with E-state index in [9.17, 15) is 13.6 Å². The number of halogens is 2. The van der Waals surface area contributed by atoms with Crippen LogP contribution in [0.25, 0.3) is 11.3 Å². The average Bonchev–Trinajstić information content (AvgIpc) is 3.03. The van der Waals surface area contributed by atoms with Gasteiger partial charge in [0.15, 0.2) is 5.76 Å². The monoisotopic (exact) mass is 315 g/mol. The Balaban J connectivity index is 1.64. The van der Waals surface area contributed by atoms with E-state index in [1.807, 2.05) is 0 Å². The quantitative estimate of drug-likeness (QED) is 0.683. The Bertz CT molecular complexity index is 811. The molecule has 0 amide bonds. The van der Waals surface area contributed by atoms with Crippen LogP contribution >= 0.6 is 0 Å². The van der Waals surface area contributed by atoms with Gasteiger partial charge in [-0.3, -0.25) is 0 Å². The SMILES string of the molecule is O=C(OCc1cc(-c2ccc(F)cc2)on1)c1ccc(F)cc1. The van der Waals surface area contributed by atoms with Crippen LogP contribution < -0.4 is 0 Å². The Morgan fingerprint density at radius 2 is 1.61 bits per heavy atom. The second-order valence-electron chi connectivity index (χ2n) is 4.77. The van der Waals surface area contributed by atoms with E-state index in [1.54, 1.807) is 18.2 Å². The van der Waals surface area contributed by atoms with Gasteiger partial charge in [-0.05, 0) is 48.5 Å². The molecule has 1 heterocycles. The van der Waals surface area contributed by atoms with Gasteiger partial charge < -0.3 is 9.26 Å². The Kier molecular flexibility index (Phi) is 4.14. The third-order valence-electron chi connectivity index (χ3n) is 3.12. The van der Waals surface area contributed by atoms with Crippen LogP contribution in [0.5, 0.6) is 0 Å². The molecule has 2 aromatic carbocycles. The molecule has 0 aliphatic carbocycles. The third kappa shape index (κ3) is 3.60. The molecule has 0 unspecified atom stereocenters.